The van der Waals surface area contributed by atoms with E-state index in [1.54, 1.807) is 54.6 Å². The molecule has 0 saturated carbocycles. The molecule has 1 saturated heterocycles. The number of amides is 4. The van der Waals surface area contributed by atoms with Gasteiger partial charge >= 0.3 is 0 Å². The monoisotopic (exact) mass is 487 g/mol. The lowest BCUT2D eigenvalue weighted by atomic mass is 10.1. The molecule has 0 radical (unpaired) electrons. The second-order valence-electron chi connectivity index (χ2n) is 8.21. The largest absolute Gasteiger partial charge is 0.497 e. The van der Waals surface area contributed by atoms with Gasteiger partial charge in [0.25, 0.3) is 17.7 Å². The molecule has 0 spiro atoms. The lowest BCUT2D eigenvalue weighted by Gasteiger charge is -2.28. The van der Waals surface area contributed by atoms with E-state index in [0.717, 1.165) is 15.5 Å². The summed E-state index contributed by atoms with van der Waals surface area (Å²) < 4.78 is 10.5. The highest BCUT2D eigenvalue weighted by Gasteiger charge is 2.45. The van der Waals surface area contributed by atoms with Crippen molar-refractivity contribution in [3.05, 3.63) is 89.5 Å². The number of aryl methyl sites for hydroxylation is 1. The number of carbonyl (C=O) groups is 4. The van der Waals surface area contributed by atoms with E-state index < -0.39 is 29.7 Å². The molecule has 0 aliphatic carbocycles. The van der Waals surface area contributed by atoms with E-state index in [1.807, 2.05) is 13.0 Å². The van der Waals surface area contributed by atoms with Gasteiger partial charge < -0.3 is 9.47 Å². The average molecular weight is 488 g/mol. The van der Waals surface area contributed by atoms with E-state index >= 15 is 0 Å². The molecule has 0 aromatic heterocycles. The summed E-state index contributed by atoms with van der Waals surface area (Å²) in [6.07, 6.45) is -0.314. The standard InChI is InChI=1S/C27H25N3O6/c1-17-8-7-11-19(12-17)25(32)28-30(26(33)18-9-5-4-6-10-18)23-16-24(31)29(27(23)34)20-13-21(35-2)15-22(14-20)36-3/h4-15,23H,16H2,1-3H3,(H,28,32). The van der Waals surface area contributed by atoms with Crippen molar-refractivity contribution in [2.24, 2.45) is 0 Å². The Morgan fingerprint density at radius 1 is 0.889 bits per heavy atom. The van der Waals surface area contributed by atoms with Crippen molar-refractivity contribution in [1.82, 2.24) is 10.4 Å². The van der Waals surface area contributed by atoms with Crippen LogP contribution in [0, 0.1) is 6.92 Å². The fourth-order valence-corrected chi connectivity index (χ4v) is 3.96. The Hall–Kier alpha value is -4.66. The van der Waals surface area contributed by atoms with Gasteiger partial charge in [-0.15, -0.1) is 0 Å². The van der Waals surface area contributed by atoms with Crippen LogP contribution in [0.2, 0.25) is 0 Å². The van der Waals surface area contributed by atoms with Gasteiger partial charge in [0.1, 0.15) is 17.5 Å². The van der Waals surface area contributed by atoms with Gasteiger partial charge in [0, 0.05) is 29.3 Å². The molecule has 4 rings (SSSR count). The zero-order valence-corrected chi connectivity index (χ0v) is 20.1. The van der Waals surface area contributed by atoms with E-state index in [1.165, 1.54) is 26.4 Å². The first-order valence-electron chi connectivity index (χ1n) is 11.2. The van der Waals surface area contributed by atoms with Crippen molar-refractivity contribution in [3.63, 3.8) is 0 Å². The zero-order valence-electron chi connectivity index (χ0n) is 20.1. The van der Waals surface area contributed by atoms with Crippen molar-refractivity contribution in [2.45, 2.75) is 19.4 Å². The number of hydrazine groups is 1. The summed E-state index contributed by atoms with van der Waals surface area (Å²) in [5, 5.41) is 0.942. The minimum absolute atomic E-state index is 0.237. The van der Waals surface area contributed by atoms with Crippen LogP contribution in [-0.2, 0) is 9.59 Å². The van der Waals surface area contributed by atoms with E-state index in [2.05, 4.69) is 5.43 Å². The van der Waals surface area contributed by atoms with Crippen LogP contribution in [0.15, 0.2) is 72.8 Å². The summed E-state index contributed by atoms with van der Waals surface area (Å²) >= 11 is 0. The maximum Gasteiger partial charge on any atom is 0.273 e. The van der Waals surface area contributed by atoms with Crippen LogP contribution in [0.1, 0.15) is 32.7 Å². The summed E-state index contributed by atoms with van der Waals surface area (Å²) in [5.74, 6) is -1.62. The summed E-state index contributed by atoms with van der Waals surface area (Å²) in [6.45, 7) is 1.84. The van der Waals surface area contributed by atoms with Crippen molar-refractivity contribution in [3.8, 4) is 11.5 Å². The Morgan fingerprint density at radius 2 is 1.53 bits per heavy atom. The Balaban J connectivity index is 1.70. The Morgan fingerprint density at radius 3 is 2.14 bits per heavy atom. The van der Waals surface area contributed by atoms with Crippen LogP contribution in [0.3, 0.4) is 0 Å². The third-order valence-corrected chi connectivity index (χ3v) is 5.77. The van der Waals surface area contributed by atoms with Gasteiger partial charge in [0.2, 0.25) is 5.91 Å². The van der Waals surface area contributed by atoms with Crippen LogP contribution in [0.25, 0.3) is 0 Å². The number of carbonyl (C=O) groups excluding carboxylic acids is 4. The first-order valence-corrected chi connectivity index (χ1v) is 11.2. The summed E-state index contributed by atoms with van der Waals surface area (Å²) in [6, 6.07) is 18.4. The molecule has 3 aromatic rings. The number of anilines is 1. The number of imide groups is 1. The Bertz CT molecular complexity index is 1300. The summed E-state index contributed by atoms with van der Waals surface area (Å²) in [7, 11) is 2.91. The smallest absolute Gasteiger partial charge is 0.273 e. The molecule has 1 unspecified atom stereocenters. The van der Waals surface area contributed by atoms with Crippen LogP contribution < -0.4 is 19.8 Å². The van der Waals surface area contributed by atoms with Gasteiger partial charge in [-0.3, -0.25) is 24.6 Å². The first-order chi connectivity index (χ1) is 17.3. The normalized spacial score (nSPS) is 15.0. The van der Waals surface area contributed by atoms with E-state index in [0.29, 0.717) is 17.1 Å². The highest BCUT2D eigenvalue weighted by molar-refractivity contribution is 6.23. The number of rotatable bonds is 6. The van der Waals surface area contributed by atoms with Gasteiger partial charge in [-0.25, -0.2) is 9.91 Å². The number of ether oxygens (including phenoxy) is 2. The predicted molar refractivity (Wildman–Crippen MR) is 132 cm³/mol. The molecule has 1 aliphatic heterocycles. The summed E-state index contributed by atoms with van der Waals surface area (Å²) in [4.78, 5) is 54.1. The van der Waals surface area contributed by atoms with E-state index in [9.17, 15) is 19.2 Å². The quantitative estimate of drug-likeness (QED) is 0.423. The lowest BCUT2D eigenvalue weighted by Crippen LogP contribution is -2.54. The van der Waals surface area contributed by atoms with Crippen molar-refractivity contribution >= 4 is 29.3 Å². The minimum atomic E-state index is -1.25. The Labute approximate surface area is 208 Å². The third-order valence-electron chi connectivity index (χ3n) is 5.77. The molecule has 4 amide bonds. The van der Waals surface area contributed by atoms with Gasteiger partial charge in [0.15, 0.2) is 0 Å². The van der Waals surface area contributed by atoms with Gasteiger partial charge in [-0.05, 0) is 31.2 Å². The second kappa shape index (κ2) is 10.3. The third kappa shape index (κ3) is 4.90. The molecule has 3 aromatic carbocycles. The van der Waals surface area contributed by atoms with Crippen LogP contribution in [-0.4, -0.2) is 48.9 Å². The molecule has 9 heteroatoms. The van der Waals surface area contributed by atoms with Crippen molar-refractivity contribution < 1.29 is 28.7 Å². The molecule has 36 heavy (non-hydrogen) atoms. The van der Waals surface area contributed by atoms with Gasteiger partial charge in [-0.1, -0.05) is 35.9 Å². The SMILES string of the molecule is COc1cc(OC)cc(N2C(=O)CC(N(NC(=O)c3cccc(C)c3)C(=O)c3ccccc3)C2=O)c1. The molecular weight excluding hydrogens is 462 g/mol. The number of methoxy groups -OCH3 is 2. The lowest BCUT2D eigenvalue weighted by molar-refractivity contribution is -0.122. The van der Waals surface area contributed by atoms with E-state index in [4.69, 9.17) is 9.47 Å². The average Bonchev–Trinajstić information content (AvgIpc) is 3.20. The second-order valence-corrected chi connectivity index (χ2v) is 8.21. The molecule has 1 heterocycles. The first kappa shape index (κ1) is 24.5. The van der Waals surface area contributed by atoms with Crippen molar-refractivity contribution in [1.29, 1.82) is 0 Å². The number of hydrogen-bond acceptors (Lipinski definition) is 6. The number of nitrogens with zero attached hydrogens (tertiary/aromatic N) is 2. The predicted octanol–water partition coefficient (Wildman–Crippen LogP) is 3.13. The molecule has 1 aliphatic rings. The molecule has 0 bridgehead atoms. The number of benzene rings is 3. The van der Waals surface area contributed by atoms with Crippen LogP contribution in [0.4, 0.5) is 5.69 Å². The molecule has 184 valence electrons. The highest BCUT2D eigenvalue weighted by atomic mass is 16.5. The van der Waals surface area contributed by atoms with E-state index in [-0.39, 0.29) is 17.7 Å². The van der Waals surface area contributed by atoms with Crippen molar-refractivity contribution in [2.75, 3.05) is 19.1 Å². The molecule has 1 fully saturated rings. The highest BCUT2D eigenvalue weighted by Crippen LogP contribution is 2.32. The van der Waals surface area contributed by atoms with Gasteiger partial charge in [-0.2, -0.15) is 0 Å². The number of hydrogen-bond donors (Lipinski definition) is 1. The van der Waals surface area contributed by atoms with Crippen LogP contribution >= 0.6 is 0 Å². The fraction of sp³-hybridized carbons (Fsp3) is 0.185. The molecular formula is C27H25N3O6. The topological polar surface area (TPSA) is 105 Å². The maximum absolute atomic E-state index is 13.5. The minimum Gasteiger partial charge on any atom is -0.497 e. The molecule has 1 atom stereocenters. The van der Waals surface area contributed by atoms with Crippen LogP contribution in [0.5, 0.6) is 11.5 Å². The number of nitrogens with one attached hydrogen (secondary N) is 1. The molecule has 9 nitrogen and oxygen atoms in total. The zero-order chi connectivity index (χ0) is 25.8. The summed E-state index contributed by atoms with van der Waals surface area (Å²) in [5.41, 5.74) is 4.22. The fourth-order valence-electron chi connectivity index (χ4n) is 3.96. The molecule has 1 N–H and O–H groups in total. The van der Waals surface area contributed by atoms with Gasteiger partial charge in [0.05, 0.1) is 26.3 Å². The maximum atomic E-state index is 13.5. The Kier molecular flexibility index (Phi) is 7.00.